The van der Waals surface area contributed by atoms with E-state index < -0.39 is 0 Å². The topological polar surface area (TPSA) is 60.1 Å². The van der Waals surface area contributed by atoms with E-state index in [1.54, 1.807) is 18.2 Å². The van der Waals surface area contributed by atoms with Crippen molar-refractivity contribution in [3.63, 3.8) is 0 Å². The van der Waals surface area contributed by atoms with Crippen molar-refractivity contribution in [1.82, 2.24) is 0 Å². The zero-order valence-corrected chi connectivity index (χ0v) is 8.45. The molecule has 0 saturated carbocycles. The Morgan fingerprint density at radius 3 is 2.57 bits per heavy atom. The molecule has 0 spiro atoms. The second-order valence-electron chi connectivity index (χ2n) is 2.79. The molecule has 3 nitrogen and oxygen atoms in total. The van der Waals surface area contributed by atoms with Gasteiger partial charge in [0.2, 0.25) is 0 Å². The molecule has 1 aliphatic carbocycles. The molecule has 14 heavy (non-hydrogen) atoms. The summed E-state index contributed by atoms with van der Waals surface area (Å²) in [5, 5.41) is 15.4. The van der Waals surface area contributed by atoms with Crippen LogP contribution in [0.1, 0.15) is 0 Å². The number of fused-ring (bicyclic) bond motifs is 1. The molecule has 0 atom stereocenters. The molecule has 2 rings (SSSR count). The minimum absolute atomic E-state index is 0.0936. The minimum Gasteiger partial charge on any atom is -0.299 e. The molecular formula is C9H5Cl2N3. The molecule has 70 valence electrons. The minimum atomic E-state index is -0.0936. The highest BCUT2D eigenvalue weighted by atomic mass is 35.5. The van der Waals surface area contributed by atoms with Crippen molar-refractivity contribution in [2.45, 2.75) is 0 Å². The van der Waals surface area contributed by atoms with Crippen molar-refractivity contribution in [2.24, 2.45) is 4.99 Å². The van der Waals surface area contributed by atoms with E-state index in [0.717, 1.165) is 0 Å². The zero-order chi connectivity index (χ0) is 10.3. The van der Waals surface area contributed by atoms with Crippen LogP contribution in [0.3, 0.4) is 0 Å². The largest absolute Gasteiger partial charge is 0.299 e. The standard InChI is InChI=1S/C9H5Cl2N3/c10-6-4-2-1-3-5(12)8(4)14-9(13)7(6)11/h1-3,12-13H. The Labute approximate surface area is 90.5 Å². The van der Waals surface area contributed by atoms with E-state index in [0.29, 0.717) is 11.3 Å². The summed E-state index contributed by atoms with van der Waals surface area (Å²) in [4.78, 5) is 3.90. The lowest BCUT2D eigenvalue weighted by Crippen LogP contribution is -2.22. The zero-order valence-electron chi connectivity index (χ0n) is 6.94. The van der Waals surface area contributed by atoms with Gasteiger partial charge in [-0.1, -0.05) is 35.4 Å². The quantitative estimate of drug-likeness (QED) is 0.596. The van der Waals surface area contributed by atoms with Gasteiger partial charge in [-0.05, 0) is 6.08 Å². The Kier molecular flexibility index (Phi) is 2.13. The smallest absolute Gasteiger partial charge is 0.165 e. The number of nitrogens with one attached hydrogen (secondary N) is 2. The molecule has 0 aromatic heterocycles. The summed E-state index contributed by atoms with van der Waals surface area (Å²) in [5.74, 6) is -0.0936. The SMILES string of the molecule is N=C1C=CC=C2C1=NC(=N)C(Cl)=C2Cl. The molecule has 5 heteroatoms. The maximum atomic E-state index is 7.58. The summed E-state index contributed by atoms with van der Waals surface area (Å²) in [6.45, 7) is 0. The van der Waals surface area contributed by atoms with Crippen molar-refractivity contribution in [2.75, 3.05) is 0 Å². The van der Waals surface area contributed by atoms with Gasteiger partial charge in [0.15, 0.2) is 5.84 Å². The van der Waals surface area contributed by atoms with Gasteiger partial charge in [-0.3, -0.25) is 10.8 Å². The molecule has 0 amide bonds. The molecular weight excluding hydrogens is 221 g/mol. The summed E-state index contributed by atoms with van der Waals surface area (Å²) in [7, 11) is 0. The fraction of sp³-hybridized carbons (Fsp3) is 0. The Bertz CT molecular complexity index is 466. The van der Waals surface area contributed by atoms with E-state index in [1.807, 2.05) is 0 Å². The Morgan fingerprint density at radius 2 is 1.86 bits per heavy atom. The summed E-state index contributed by atoms with van der Waals surface area (Å²) in [5.41, 5.74) is 1.27. The number of hydrogen-bond donors (Lipinski definition) is 2. The van der Waals surface area contributed by atoms with Crippen LogP contribution >= 0.6 is 23.2 Å². The first-order valence-electron chi connectivity index (χ1n) is 3.82. The van der Waals surface area contributed by atoms with E-state index in [9.17, 15) is 0 Å². The Morgan fingerprint density at radius 1 is 1.14 bits per heavy atom. The normalized spacial score (nSPS) is 20.7. The maximum Gasteiger partial charge on any atom is 0.165 e. The molecule has 0 bridgehead atoms. The van der Waals surface area contributed by atoms with E-state index in [-0.39, 0.29) is 21.6 Å². The van der Waals surface area contributed by atoms with Gasteiger partial charge >= 0.3 is 0 Å². The van der Waals surface area contributed by atoms with Crippen LogP contribution in [0.5, 0.6) is 0 Å². The maximum absolute atomic E-state index is 7.58. The third kappa shape index (κ3) is 1.25. The number of nitrogens with zero attached hydrogens (tertiary/aromatic N) is 1. The molecule has 1 heterocycles. The van der Waals surface area contributed by atoms with Gasteiger partial charge in [-0.15, -0.1) is 0 Å². The van der Waals surface area contributed by atoms with Gasteiger partial charge in [0.05, 0.1) is 16.5 Å². The van der Waals surface area contributed by atoms with Gasteiger partial charge in [-0.25, -0.2) is 4.99 Å². The Hall–Kier alpha value is -1.19. The lowest BCUT2D eigenvalue weighted by Gasteiger charge is -2.17. The molecule has 0 radical (unpaired) electrons. The second kappa shape index (κ2) is 3.19. The number of amidine groups is 1. The van der Waals surface area contributed by atoms with Crippen LogP contribution in [0.4, 0.5) is 0 Å². The van der Waals surface area contributed by atoms with Gasteiger partial charge in [0.1, 0.15) is 5.03 Å². The highest BCUT2D eigenvalue weighted by molar-refractivity contribution is 6.62. The van der Waals surface area contributed by atoms with Crippen LogP contribution in [0.2, 0.25) is 0 Å². The predicted octanol–water partition coefficient (Wildman–Crippen LogP) is 2.62. The fourth-order valence-corrected chi connectivity index (χ4v) is 1.61. The lowest BCUT2D eigenvalue weighted by molar-refractivity contribution is 1.41. The predicted molar refractivity (Wildman–Crippen MR) is 58.8 cm³/mol. The first kappa shape index (κ1) is 9.37. The third-order valence-corrected chi connectivity index (χ3v) is 2.75. The van der Waals surface area contributed by atoms with Crippen molar-refractivity contribution in [3.8, 4) is 0 Å². The molecule has 0 aromatic rings. The highest BCUT2D eigenvalue weighted by Gasteiger charge is 2.25. The number of hydrogen-bond acceptors (Lipinski definition) is 2. The lowest BCUT2D eigenvalue weighted by atomic mass is 9.98. The van der Waals surface area contributed by atoms with Crippen molar-refractivity contribution in [1.29, 1.82) is 10.8 Å². The van der Waals surface area contributed by atoms with Crippen molar-refractivity contribution in [3.05, 3.63) is 33.9 Å². The van der Waals surface area contributed by atoms with Crippen molar-refractivity contribution >= 4 is 40.5 Å². The molecule has 2 N–H and O–H groups in total. The summed E-state index contributed by atoms with van der Waals surface area (Å²) in [6.07, 6.45) is 5.03. The monoisotopic (exact) mass is 225 g/mol. The second-order valence-corrected chi connectivity index (χ2v) is 3.55. The van der Waals surface area contributed by atoms with E-state index in [4.69, 9.17) is 34.0 Å². The van der Waals surface area contributed by atoms with Crippen LogP contribution in [0, 0.1) is 10.8 Å². The first-order chi connectivity index (χ1) is 6.61. The molecule has 0 aromatic carbocycles. The van der Waals surface area contributed by atoms with Crippen LogP contribution in [0.15, 0.2) is 38.9 Å². The van der Waals surface area contributed by atoms with E-state index in [1.165, 1.54) is 0 Å². The fourth-order valence-electron chi connectivity index (χ4n) is 1.22. The molecule has 2 aliphatic rings. The number of rotatable bonds is 0. The average molecular weight is 226 g/mol. The number of halogens is 2. The van der Waals surface area contributed by atoms with E-state index >= 15 is 0 Å². The molecule has 0 unspecified atom stereocenters. The molecule has 0 fully saturated rings. The van der Waals surface area contributed by atoms with Crippen LogP contribution in [-0.2, 0) is 0 Å². The van der Waals surface area contributed by atoms with Gasteiger partial charge < -0.3 is 0 Å². The molecule has 0 saturated heterocycles. The van der Waals surface area contributed by atoms with Gasteiger partial charge in [0, 0.05) is 5.57 Å². The Balaban J connectivity index is 2.63. The summed E-state index contributed by atoms with van der Waals surface area (Å²) < 4.78 is 0. The van der Waals surface area contributed by atoms with Gasteiger partial charge in [0.25, 0.3) is 0 Å². The summed E-state index contributed by atoms with van der Waals surface area (Å²) in [6, 6.07) is 0. The van der Waals surface area contributed by atoms with Crippen LogP contribution in [-0.4, -0.2) is 17.3 Å². The number of aliphatic imine (C=N–C) groups is 1. The van der Waals surface area contributed by atoms with Gasteiger partial charge in [-0.2, -0.15) is 0 Å². The third-order valence-electron chi connectivity index (χ3n) is 1.90. The van der Waals surface area contributed by atoms with E-state index in [2.05, 4.69) is 4.99 Å². The van der Waals surface area contributed by atoms with Crippen LogP contribution in [0.25, 0.3) is 0 Å². The summed E-state index contributed by atoms with van der Waals surface area (Å²) >= 11 is 11.7. The average Bonchev–Trinajstić information content (AvgIpc) is 2.17. The molecule has 1 aliphatic heterocycles. The van der Waals surface area contributed by atoms with Crippen molar-refractivity contribution < 1.29 is 0 Å². The number of allylic oxidation sites excluding steroid dienone is 5. The number of dihydropyridines is 1. The highest BCUT2D eigenvalue weighted by Crippen LogP contribution is 2.30. The van der Waals surface area contributed by atoms with Crippen LogP contribution < -0.4 is 0 Å². The first-order valence-corrected chi connectivity index (χ1v) is 4.58.